The summed E-state index contributed by atoms with van der Waals surface area (Å²) in [7, 11) is 0. The normalized spacial score (nSPS) is 10.4. The number of rotatable bonds is 2. The Balaban J connectivity index is 2.29. The molecule has 0 aliphatic heterocycles. The molecule has 0 aliphatic rings. The van der Waals surface area contributed by atoms with Gasteiger partial charge in [0.15, 0.2) is 0 Å². The SMILES string of the molecule is Nc1nccc(Sc2cncs2)c1Cl. The van der Waals surface area contributed by atoms with Crippen molar-refractivity contribution in [1.82, 2.24) is 9.97 Å². The van der Waals surface area contributed by atoms with Gasteiger partial charge < -0.3 is 5.73 Å². The maximum Gasteiger partial charge on any atom is 0.143 e. The summed E-state index contributed by atoms with van der Waals surface area (Å²) in [6.45, 7) is 0. The second-order valence-corrected chi connectivity index (χ2v) is 5.04. The average Bonchev–Trinajstić information content (AvgIpc) is 2.66. The van der Waals surface area contributed by atoms with Crippen molar-refractivity contribution in [2.24, 2.45) is 0 Å². The number of nitrogens with zero attached hydrogens (tertiary/aromatic N) is 2. The molecule has 72 valence electrons. The molecule has 0 amide bonds. The molecule has 0 saturated heterocycles. The minimum atomic E-state index is 0.362. The van der Waals surface area contributed by atoms with Crippen LogP contribution in [0.3, 0.4) is 0 Å². The van der Waals surface area contributed by atoms with Gasteiger partial charge in [-0.25, -0.2) is 4.98 Å². The summed E-state index contributed by atoms with van der Waals surface area (Å²) in [6, 6.07) is 1.84. The lowest BCUT2D eigenvalue weighted by molar-refractivity contribution is 1.27. The molecular weight excluding hydrogens is 238 g/mol. The molecule has 0 fully saturated rings. The smallest absolute Gasteiger partial charge is 0.143 e. The minimum Gasteiger partial charge on any atom is -0.382 e. The van der Waals surface area contributed by atoms with Crippen LogP contribution in [0.5, 0.6) is 0 Å². The number of hydrogen-bond donors (Lipinski definition) is 1. The molecule has 2 aromatic heterocycles. The van der Waals surface area contributed by atoms with Crippen LogP contribution in [0.2, 0.25) is 5.02 Å². The highest BCUT2D eigenvalue weighted by Gasteiger charge is 2.06. The molecule has 0 radical (unpaired) electrons. The number of nitrogens with two attached hydrogens (primary N) is 1. The largest absolute Gasteiger partial charge is 0.382 e. The van der Waals surface area contributed by atoms with Gasteiger partial charge in [0.25, 0.3) is 0 Å². The highest BCUT2D eigenvalue weighted by Crippen LogP contribution is 2.36. The highest BCUT2D eigenvalue weighted by atomic mass is 35.5. The standard InChI is InChI=1S/C8H6ClN3S2/c9-7-5(1-2-12-8(7)10)14-6-3-11-4-13-6/h1-4H,(H2,10,12). The molecule has 0 unspecified atom stereocenters. The van der Waals surface area contributed by atoms with Crippen LogP contribution in [0.15, 0.2) is 33.1 Å². The fourth-order valence-corrected chi connectivity index (χ4v) is 2.70. The quantitative estimate of drug-likeness (QED) is 0.881. The van der Waals surface area contributed by atoms with Gasteiger partial charge in [0.2, 0.25) is 0 Å². The molecule has 0 saturated carbocycles. The number of anilines is 1. The molecule has 2 aromatic rings. The average molecular weight is 244 g/mol. The van der Waals surface area contributed by atoms with Gasteiger partial charge in [-0.15, -0.1) is 11.3 Å². The second kappa shape index (κ2) is 4.16. The molecule has 3 nitrogen and oxygen atoms in total. The summed E-state index contributed by atoms with van der Waals surface area (Å²) < 4.78 is 1.08. The zero-order valence-corrected chi connectivity index (χ0v) is 9.36. The Morgan fingerprint density at radius 2 is 2.36 bits per heavy atom. The molecule has 2 N–H and O–H groups in total. The van der Waals surface area contributed by atoms with Crippen molar-refractivity contribution in [2.75, 3.05) is 5.73 Å². The number of halogens is 1. The minimum absolute atomic E-state index is 0.362. The van der Waals surface area contributed by atoms with Crippen LogP contribution in [0.4, 0.5) is 5.82 Å². The number of thiazole rings is 1. The second-order valence-electron chi connectivity index (χ2n) is 2.43. The lowest BCUT2D eigenvalue weighted by atomic mass is 10.5. The van der Waals surface area contributed by atoms with Crippen LogP contribution in [0, 0.1) is 0 Å². The Morgan fingerprint density at radius 3 is 3.07 bits per heavy atom. The van der Waals surface area contributed by atoms with Gasteiger partial charge >= 0.3 is 0 Å². The maximum atomic E-state index is 5.99. The van der Waals surface area contributed by atoms with E-state index in [1.807, 2.05) is 6.07 Å². The maximum absolute atomic E-state index is 5.99. The summed E-state index contributed by atoms with van der Waals surface area (Å²) in [6.07, 6.45) is 3.44. The van der Waals surface area contributed by atoms with Gasteiger partial charge in [-0.2, -0.15) is 0 Å². The van der Waals surface area contributed by atoms with Crippen LogP contribution in [-0.2, 0) is 0 Å². The van der Waals surface area contributed by atoms with Crippen molar-refractivity contribution in [2.45, 2.75) is 9.10 Å². The number of hydrogen-bond acceptors (Lipinski definition) is 5. The summed E-state index contributed by atoms with van der Waals surface area (Å²) in [5, 5.41) is 0.505. The van der Waals surface area contributed by atoms with E-state index in [-0.39, 0.29) is 0 Å². The van der Waals surface area contributed by atoms with Crippen LogP contribution in [0.1, 0.15) is 0 Å². The third-order valence-electron chi connectivity index (χ3n) is 1.50. The summed E-state index contributed by atoms with van der Waals surface area (Å²) >= 11 is 9.09. The monoisotopic (exact) mass is 243 g/mol. The van der Waals surface area contributed by atoms with Gasteiger partial charge in [-0.05, 0) is 6.07 Å². The van der Waals surface area contributed by atoms with Crippen LogP contribution in [-0.4, -0.2) is 9.97 Å². The first kappa shape index (κ1) is 9.76. The zero-order valence-electron chi connectivity index (χ0n) is 6.98. The van der Waals surface area contributed by atoms with E-state index in [9.17, 15) is 0 Å². The van der Waals surface area contributed by atoms with Crippen LogP contribution in [0.25, 0.3) is 0 Å². The molecule has 0 spiro atoms. The topological polar surface area (TPSA) is 51.8 Å². The van der Waals surface area contributed by atoms with Crippen molar-refractivity contribution in [3.05, 3.63) is 29.0 Å². The molecular formula is C8H6ClN3S2. The molecule has 14 heavy (non-hydrogen) atoms. The van der Waals surface area contributed by atoms with Crippen molar-refractivity contribution in [3.8, 4) is 0 Å². The first-order chi connectivity index (χ1) is 6.77. The Morgan fingerprint density at radius 1 is 1.50 bits per heavy atom. The fourth-order valence-electron chi connectivity index (χ4n) is 0.883. The Hall–Kier alpha value is -0.780. The van der Waals surface area contributed by atoms with Crippen molar-refractivity contribution in [3.63, 3.8) is 0 Å². The van der Waals surface area contributed by atoms with Crippen molar-refractivity contribution >= 4 is 40.5 Å². The van der Waals surface area contributed by atoms with E-state index in [4.69, 9.17) is 17.3 Å². The van der Waals surface area contributed by atoms with Crippen molar-refractivity contribution in [1.29, 1.82) is 0 Å². The first-order valence-electron chi connectivity index (χ1n) is 3.73. The van der Waals surface area contributed by atoms with Crippen molar-refractivity contribution < 1.29 is 0 Å². The van der Waals surface area contributed by atoms with E-state index < -0.39 is 0 Å². The molecule has 0 atom stereocenters. The van der Waals surface area contributed by atoms with Gasteiger partial charge in [-0.1, -0.05) is 23.4 Å². The fraction of sp³-hybridized carbons (Fsp3) is 0. The third kappa shape index (κ3) is 2.00. The Bertz CT molecular complexity index is 430. The van der Waals surface area contributed by atoms with Crippen LogP contribution < -0.4 is 5.73 Å². The summed E-state index contributed by atoms with van der Waals surface area (Å²) in [5.41, 5.74) is 7.36. The molecule has 6 heteroatoms. The summed E-state index contributed by atoms with van der Waals surface area (Å²) in [5.74, 6) is 0.362. The van der Waals surface area contributed by atoms with E-state index in [1.54, 1.807) is 29.2 Å². The Kier molecular flexibility index (Phi) is 2.90. The van der Waals surface area contributed by atoms with Gasteiger partial charge in [0, 0.05) is 11.1 Å². The van der Waals surface area contributed by atoms with Gasteiger partial charge in [-0.3, -0.25) is 4.98 Å². The molecule has 0 bridgehead atoms. The third-order valence-corrected chi connectivity index (χ3v) is 3.98. The lowest BCUT2D eigenvalue weighted by Gasteiger charge is -2.02. The first-order valence-corrected chi connectivity index (χ1v) is 5.81. The molecule has 2 rings (SSSR count). The van der Waals surface area contributed by atoms with E-state index in [0.29, 0.717) is 10.8 Å². The summed E-state index contributed by atoms with van der Waals surface area (Å²) in [4.78, 5) is 8.77. The zero-order chi connectivity index (χ0) is 9.97. The lowest BCUT2D eigenvalue weighted by Crippen LogP contribution is -1.91. The predicted octanol–water partition coefficient (Wildman–Crippen LogP) is 2.92. The highest BCUT2D eigenvalue weighted by molar-refractivity contribution is 8.01. The van der Waals surface area contributed by atoms with Gasteiger partial charge in [0.1, 0.15) is 5.82 Å². The van der Waals surface area contributed by atoms with Gasteiger partial charge in [0.05, 0.1) is 20.9 Å². The van der Waals surface area contributed by atoms with E-state index >= 15 is 0 Å². The van der Waals surface area contributed by atoms with E-state index in [0.717, 1.165) is 9.10 Å². The Labute approximate surface area is 94.3 Å². The predicted molar refractivity (Wildman–Crippen MR) is 59.9 cm³/mol. The van der Waals surface area contributed by atoms with Crippen LogP contribution >= 0.6 is 34.7 Å². The van der Waals surface area contributed by atoms with E-state index in [1.165, 1.54) is 11.8 Å². The number of nitrogen functional groups attached to an aromatic ring is 1. The molecule has 2 heterocycles. The van der Waals surface area contributed by atoms with E-state index in [2.05, 4.69) is 9.97 Å². The molecule has 0 aliphatic carbocycles. The number of pyridine rings is 1. The number of aromatic nitrogens is 2. The molecule has 0 aromatic carbocycles.